The summed E-state index contributed by atoms with van der Waals surface area (Å²) in [5.41, 5.74) is 3.25. The van der Waals surface area contributed by atoms with Gasteiger partial charge in [-0.25, -0.2) is 4.39 Å². The zero-order valence-corrected chi connectivity index (χ0v) is 14.0. The summed E-state index contributed by atoms with van der Waals surface area (Å²) in [5, 5.41) is 2.75. The second-order valence-electron chi connectivity index (χ2n) is 6.24. The van der Waals surface area contributed by atoms with Crippen LogP contribution < -0.4 is 5.32 Å². The summed E-state index contributed by atoms with van der Waals surface area (Å²) < 4.78 is 12.8. The molecule has 2 amide bonds. The average Bonchev–Trinajstić information content (AvgIpc) is 2.63. The van der Waals surface area contributed by atoms with Crippen LogP contribution in [0.15, 0.2) is 48.5 Å². The molecule has 0 saturated heterocycles. The number of carbonyl (C=O) groups is 2. The number of nitrogens with zero attached hydrogens (tertiary/aromatic N) is 1. The molecule has 0 aliphatic carbocycles. The first kappa shape index (κ1) is 17.1. The van der Waals surface area contributed by atoms with Crippen molar-refractivity contribution in [3.63, 3.8) is 0 Å². The van der Waals surface area contributed by atoms with E-state index in [4.69, 9.17) is 0 Å². The lowest BCUT2D eigenvalue weighted by atomic mass is 10.00. The summed E-state index contributed by atoms with van der Waals surface area (Å²) in [6.45, 7) is 1.68. The quantitative estimate of drug-likeness (QED) is 0.909. The van der Waals surface area contributed by atoms with E-state index in [2.05, 4.69) is 17.4 Å². The molecule has 2 aromatic carbocycles. The fourth-order valence-electron chi connectivity index (χ4n) is 3.03. The highest BCUT2D eigenvalue weighted by atomic mass is 19.1. The van der Waals surface area contributed by atoms with Crippen LogP contribution in [0.5, 0.6) is 0 Å². The van der Waals surface area contributed by atoms with Crippen LogP contribution in [0.25, 0.3) is 0 Å². The van der Waals surface area contributed by atoms with E-state index in [-0.39, 0.29) is 30.5 Å². The van der Waals surface area contributed by atoms with Gasteiger partial charge in [-0.05, 0) is 35.2 Å². The van der Waals surface area contributed by atoms with Gasteiger partial charge in [0, 0.05) is 26.1 Å². The average molecular weight is 340 g/mol. The van der Waals surface area contributed by atoms with Crippen molar-refractivity contribution >= 4 is 11.8 Å². The van der Waals surface area contributed by atoms with E-state index < -0.39 is 0 Å². The summed E-state index contributed by atoms with van der Waals surface area (Å²) in [7, 11) is 0. The molecule has 1 aliphatic heterocycles. The maximum absolute atomic E-state index is 12.8. The van der Waals surface area contributed by atoms with Gasteiger partial charge in [0.05, 0.1) is 6.42 Å². The van der Waals surface area contributed by atoms with Crippen LogP contribution in [0.4, 0.5) is 4.39 Å². The highest BCUT2D eigenvalue weighted by Crippen LogP contribution is 2.18. The fourth-order valence-corrected chi connectivity index (χ4v) is 3.03. The number of hydrogen-bond acceptors (Lipinski definition) is 2. The SMILES string of the molecule is O=C(Cc1ccc(F)cc1)NCCC(=O)N1CCc2ccccc2C1. The van der Waals surface area contributed by atoms with Crippen molar-refractivity contribution < 1.29 is 14.0 Å². The Labute approximate surface area is 146 Å². The van der Waals surface area contributed by atoms with Crippen LogP contribution >= 0.6 is 0 Å². The minimum absolute atomic E-state index is 0.0524. The molecule has 1 heterocycles. The lowest BCUT2D eigenvalue weighted by molar-refractivity contribution is -0.132. The Morgan fingerprint density at radius 3 is 2.52 bits per heavy atom. The molecule has 0 fully saturated rings. The van der Waals surface area contributed by atoms with Gasteiger partial charge in [-0.1, -0.05) is 36.4 Å². The topological polar surface area (TPSA) is 49.4 Å². The van der Waals surface area contributed by atoms with Crippen LogP contribution in [-0.4, -0.2) is 29.8 Å². The maximum Gasteiger partial charge on any atom is 0.224 e. The van der Waals surface area contributed by atoms with Crippen LogP contribution in [0.1, 0.15) is 23.1 Å². The molecule has 0 bridgehead atoms. The number of fused-ring (bicyclic) bond motifs is 1. The van der Waals surface area contributed by atoms with Gasteiger partial charge in [0.2, 0.25) is 11.8 Å². The fraction of sp³-hybridized carbons (Fsp3) is 0.300. The smallest absolute Gasteiger partial charge is 0.224 e. The summed E-state index contributed by atoms with van der Waals surface area (Å²) in [6, 6.07) is 14.0. The van der Waals surface area contributed by atoms with Crippen molar-refractivity contribution in [2.24, 2.45) is 0 Å². The molecule has 4 nitrogen and oxygen atoms in total. The summed E-state index contributed by atoms with van der Waals surface area (Å²) in [4.78, 5) is 26.0. The zero-order chi connectivity index (χ0) is 17.6. The Balaban J connectivity index is 1.42. The number of benzene rings is 2. The zero-order valence-electron chi connectivity index (χ0n) is 14.0. The first-order valence-corrected chi connectivity index (χ1v) is 8.47. The van der Waals surface area contributed by atoms with E-state index >= 15 is 0 Å². The van der Waals surface area contributed by atoms with Crippen molar-refractivity contribution in [3.8, 4) is 0 Å². The molecule has 2 aromatic rings. The number of hydrogen-bond donors (Lipinski definition) is 1. The lowest BCUT2D eigenvalue weighted by Gasteiger charge is -2.29. The third-order valence-corrected chi connectivity index (χ3v) is 4.42. The van der Waals surface area contributed by atoms with Crippen LogP contribution in [0.3, 0.4) is 0 Å². The number of nitrogens with one attached hydrogen (secondary N) is 1. The Morgan fingerprint density at radius 2 is 1.76 bits per heavy atom. The molecule has 3 rings (SSSR count). The molecular weight excluding hydrogens is 319 g/mol. The molecule has 0 spiro atoms. The normalized spacial score (nSPS) is 13.2. The number of halogens is 1. The van der Waals surface area contributed by atoms with Crippen LogP contribution in [-0.2, 0) is 29.0 Å². The molecular formula is C20H21FN2O2. The third kappa shape index (κ3) is 4.66. The molecule has 0 aromatic heterocycles. The second kappa shape index (κ2) is 7.92. The van der Waals surface area contributed by atoms with Crippen molar-refractivity contribution in [1.82, 2.24) is 10.2 Å². The van der Waals surface area contributed by atoms with Gasteiger partial charge in [0.25, 0.3) is 0 Å². The summed E-state index contributed by atoms with van der Waals surface area (Å²) in [5.74, 6) is -0.433. The molecule has 0 saturated carbocycles. The minimum atomic E-state index is -0.321. The van der Waals surface area contributed by atoms with Crippen molar-refractivity contribution in [2.75, 3.05) is 13.1 Å². The molecule has 1 aliphatic rings. The summed E-state index contributed by atoms with van der Waals surface area (Å²) in [6.07, 6.45) is 1.35. The van der Waals surface area contributed by atoms with Crippen molar-refractivity contribution in [2.45, 2.75) is 25.8 Å². The van der Waals surface area contributed by atoms with E-state index in [0.29, 0.717) is 13.1 Å². The first-order chi connectivity index (χ1) is 12.1. The van der Waals surface area contributed by atoms with E-state index in [1.54, 1.807) is 12.1 Å². The molecule has 5 heteroatoms. The predicted octanol–water partition coefficient (Wildman–Crippen LogP) is 2.46. The lowest BCUT2D eigenvalue weighted by Crippen LogP contribution is -2.38. The Bertz CT molecular complexity index is 759. The molecule has 0 atom stereocenters. The van der Waals surface area contributed by atoms with Gasteiger partial charge in [0.15, 0.2) is 0 Å². The predicted molar refractivity (Wildman–Crippen MR) is 93.3 cm³/mol. The van der Waals surface area contributed by atoms with Gasteiger partial charge in [-0.3, -0.25) is 9.59 Å². The Kier molecular flexibility index (Phi) is 5.43. The minimum Gasteiger partial charge on any atom is -0.355 e. The maximum atomic E-state index is 12.8. The van der Waals surface area contributed by atoms with Gasteiger partial charge >= 0.3 is 0 Å². The molecule has 0 unspecified atom stereocenters. The third-order valence-electron chi connectivity index (χ3n) is 4.42. The standard InChI is InChI=1S/C20H21FN2O2/c21-18-7-5-15(6-8-18)13-19(24)22-11-9-20(25)23-12-10-16-3-1-2-4-17(16)14-23/h1-8H,9-14H2,(H,22,24). The van der Waals surface area contributed by atoms with Gasteiger partial charge in [-0.2, -0.15) is 0 Å². The highest BCUT2D eigenvalue weighted by molar-refractivity contribution is 5.80. The van der Waals surface area contributed by atoms with E-state index in [1.165, 1.54) is 23.3 Å². The number of rotatable bonds is 5. The van der Waals surface area contributed by atoms with Crippen LogP contribution in [0.2, 0.25) is 0 Å². The van der Waals surface area contributed by atoms with Crippen molar-refractivity contribution in [1.29, 1.82) is 0 Å². The molecule has 25 heavy (non-hydrogen) atoms. The number of carbonyl (C=O) groups excluding carboxylic acids is 2. The van der Waals surface area contributed by atoms with Gasteiger partial charge in [-0.15, -0.1) is 0 Å². The monoisotopic (exact) mass is 340 g/mol. The van der Waals surface area contributed by atoms with E-state index in [0.717, 1.165) is 18.5 Å². The molecule has 130 valence electrons. The van der Waals surface area contributed by atoms with E-state index in [9.17, 15) is 14.0 Å². The highest BCUT2D eigenvalue weighted by Gasteiger charge is 2.19. The number of amides is 2. The van der Waals surface area contributed by atoms with E-state index in [1.807, 2.05) is 17.0 Å². The Morgan fingerprint density at radius 1 is 1.04 bits per heavy atom. The van der Waals surface area contributed by atoms with Crippen molar-refractivity contribution in [3.05, 3.63) is 71.0 Å². The Hall–Kier alpha value is -2.69. The molecule has 0 radical (unpaired) electrons. The largest absolute Gasteiger partial charge is 0.355 e. The second-order valence-corrected chi connectivity index (χ2v) is 6.24. The summed E-state index contributed by atoms with van der Waals surface area (Å²) >= 11 is 0. The first-order valence-electron chi connectivity index (χ1n) is 8.47. The van der Waals surface area contributed by atoms with Gasteiger partial charge < -0.3 is 10.2 Å². The van der Waals surface area contributed by atoms with Crippen LogP contribution in [0, 0.1) is 5.82 Å². The molecule has 1 N–H and O–H groups in total. The van der Waals surface area contributed by atoms with Gasteiger partial charge in [0.1, 0.15) is 5.82 Å².